The minimum Gasteiger partial charge on any atom is -0.354 e. The van der Waals surface area contributed by atoms with E-state index in [1.165, 1.54) is 14.2 Å². The van der Waals surface area contributed by atoms with Gasteiger partial charge in [-0.3, -0.25) is 0 Å². The average molecular weight is 251 g/mol. The Morgan fingerprint density at radius 2 is 2.00 bits per heavy atom. The molecule has 8 heteroatoms. The molecule has 0 saturated carbocycles. The van der Waals surface area contributed by atoms with Gasteiger partial charge in [0.25, 0.3) is 0 Å². The maximum Gasteiger partial charge on any atom is 0.433 e. The summed E-state index contributed by atoms with van der Waals surface area (Å²) < 4.78 is 46.7. The van der Waals surface area contributed by atoms with Crippen molar-refractivity contribution < 1.29 is 22.6 Å². The molecule has 1 rings (SSSR count). The number of hydrogen-bond acceptors (Lipinski definition) is 5. The molecule has 0 unspecified atom stereocenters. The van der Waals surface area contributed by atoms with E-state index in [0.717, 1.165) is 12.3 Å². The molecule has 0 aliphatic rings. The number of ether oxygens (including phenoxy) is 2. The summed E-state index contributed by atoms with van der Waals surface area (Å²) in [5.74, 6) is -0.126. The summed E-state index contributed by atoms with van der Waals surface area (Å²) in [6.45, 7) is 0.147. The Balaban J connectivity index is 2.66. The van der Waals surface area contributed by atoms with Crippen molar-refractivity contribution >= 4 is 5.95 Å². The highest BCUT2D eigenvalue weighted by atomic mass is 19.4. The van der Waals surface area contributed by atoms with Crippen molar-refractivity contribution in [3.05, 3.63) is 18.0 Å². The van der Waals surface area contributed by atoms with Crippen LogP contribution in [0.25, 0.3) is 0 Å². The van der Waals surface area contributed by atoms with E-state index in [4.69, 9.17) is 9.47 Å². The van der Waals surface area contributed by atoms with Gasteiger partial charge < -0.3 is 14.8 Å². The smallest absolute Gasteiger partial charge is 0.354 e. The van der Waals surface area contributed by atoms with Crippen molar-refractivity contribution in [1.29, 1.82) is 0 Å². The molecule has 1 aromatic heterocycles. The van der Waals surface area contributed by atoms with Crippen molar-refractivity contribution in [2.75, 3.05) is 26.1 Å². The average Bonchev–Trinajstić information content (AvgIpc) is 2.30. The Morgan fingerprint density at radius 1 is 1.35 bits per heavy atom. The summed E-state index contributed by atoms with van der Waals surface area (Å²) in [6, 6.07) is 0.801. The van der Waals surface area contributed by atoms with Crippen LogP contribution in [0.5, 0.6) is 0 Å². The van der Waals surface area contributed by atoms with Crippen LogP contribution in [-0.2, 0) is 15.7 Å². The molecule has 0 bridgehead atoms. The molecule has 1 aromatic rings. The Kier molecular flexibility index (Phi) is 4.64. The van der Waals surface area contributed by atoms with Crippen LogP contribution in [0.1, 0.15) is 5.69 Å². The summed E-state index contributed by atoms with van der Waals surface area (Å²) in [4.78, 5) is 6.99. The van der Waals surface area contributed by atoms with Gasteiger partial charge in [-0.2, -0.15) is 13.2 Å². The van der Waals surface area contributed by atoms with Gasteiger partial charge in [0, 0.05) is 20.4 Å². The highest BCUT2D eigenvalue weighted by molar-refractivity contribution is 5.25. The van der Waals surface area contributed by atoms with Gasteiger partial charge in [0.1, 0.15) is 5.69 Å². The second kappa shape index (κ2) is 5.78. The highest BCUT2D eigenvalue weighted by Gasteiger charge is 2.32. The van der Waals surface area contributed by atoms with Crippen LogP contribution in [-0.4, -0.2) is 37.0 Å². The number of aromatic nitrogens is 2. The summed E-state index contributed by atoms with van der Waals surface area (Å²) in [6.07, 6.45) is -4.03. The summed E-state index contributed by atoms with van der Waals surface area (Å²) in [5.41, 5.74) is -0.999. The van der Waals surface area contributed by atoms with E-state index in [0.29, 0.717) is 0 Å². The Morgan fingerprint density at radius 3 is 2.53 bits per heavy atom. The van der Waals surface area contributed by atoms with Gasteiger partial charge in [-0.15, -0.1) is 0 Å². The fourth-order valence-electron chi connectivity index (χ4n) is 1.04. The van der Waals surface area contributed by atoms with Gasteiger partial charge in [0.15, 0.2) is 6.29 Å². The molecule has 0 atom stereocenters. The molecule has 0 aliphatic heterocycles. The highest BCUT2D eigenvalue weighted by Crippen LogP contribution is 2.27. The quantitative estimate of drug-likeness (QED) is 0.804. The number of nitrogens with zero attached hydrogens (tertiary/aromatic N) is 2. The summed E-state index contributed by atoms with van der Waals surface area (Å²) in [5, 5.41) is 2.59. The van der Waals surface area contributed by atoms with Crippen molar-refractivity contribution in [3.63, 3.8) is 0 Å². The van der Waals surface area contributed by atoms with Crippen LogP contribution in [0, 0.1) is 0 Å². The van der Waals surface area contributed by atoms with Gasteiger partial charge in [-0.1, -0.05) is 0 Å². The lowest BCUT2D eigenvalue weighted by Crippen LogP contribution is -2.24. The lowest BCUT2D eigenvalue weighted by Gasteiger charge is -2.14. The zero-order valence-electron chi connectivity index (χ0n) is 9.28. The zero-order chi connectivity index (χ0) is 12.9. The first-order chi connectivity index (χ1) is 7.97. The largest absolute Gasteiger partial charge is 0.433 e. The molecule has 1 heterocycles. The van der Waals surface area contributed by atoms with Gasteiger partial charge in [-0.05, 0) is 6.07 Å². The van der Waals surface area contributed by atoms with Gasteiger partial charge in [0.2, 0.25) is 5.95 Å². The standard InChI is InChI=1S/C9H12F3N3O2/c1-16-7(17-2)5-14-8-13-4-3-6(15-8)9(10,11)12/h3-4,7H,5H2,1-2H3,(H,13,14,15). The van der Waals surface area contributed by atoms with Gasteiger partial charge in [-0.25, -0.2) is 9.97 Å². The van der Waals surface area contributed by atoms with Crippen molar-refractivity contribution in [2.45, 2.75) is 12.5 Å². The number of rotatable bonds is 5. The number of anilines is 1. The minimum absolute atomic E-state index is 0.126. The number of hydrogen-bond donors (Lipinski definition) is 1. The maximum absolute atomic E-state index is 12.3. The molecule has 96 valence electrons. The SMILES string of the molecule is COC(CNc1nccc(C(F)(F)F)n1)OC. The molecule has 0 aromatic carbocycles. The van der Waals surface area contributed by atoms with E-state index in [1.807, 2.05) is 0 Å². The fraction of sp³-hybridized carbons (Fsp3) is 0.556. The molecule has 0 spiro atoms. The number of nitrogens with one attached hydrogen (secondary N) is 1. The monoisotopic (exact) mass is 251 g/mol. The van der Waals surface area contributed by atoms with Crippen molar-refractivity contribution in [3.8, 4) is 0 Å². The Labute approximate surface area is 96.0 Å². The summed E-state index contributed by atoms with van der Waals surface area (Å²) in [7, 11) is 2.84. The number of halogens is 3. The van der Waals surface area contributed by atoms with Crippen LogP contribution < -0.4 is 5.32 Å². The van der Waals surface area contributed by atoms with E-state index < -0.39 is 18.2 Å². The third kappa shape index (κ3) is 4.16. The molecule has 1 N–H and O–H groups in total. The van der Waals surface area contributed by atoms with Crippen LogP contribution in [0.3, 0.4) is 0 Å². The third-order valence-corrected chi connectivity index (χ3v) is 1.90. The Hall–Kier alpha value is -1.41. The molecule has 5 nitrogen and oxygen atoms in total. The molecule has 0 saturated heterocycles. The molecular formula is C9H12F3N3O2. The molecule has 0 aliphatic carbocycles. The lowest BCUT2D eigenvalue weighted by atomic mass is 10.4. The van der Waals surface area contributed by atoms with Crippen molar-refractivity contribution in [2.24, 2.45) is 0 Å². The predicted octanol–water partition coefficient (Wildman–Crippen LogP) is 1.53. The van der Waals surface area contributed by atoms with Crippen molar-refractivity contribution in [1.82, 2.24) is 9.97 Å². The second-order valence-corrected chi connectivity index (χ2v) is 3.05. The van der Waals surface area contributed by atoms with Gasteiger partial charge >= 0.3 is 6.18 Å². The first-order valence-electron chi connectivity index (χ1n) is 4.67. The summed E-state index contributed by atoms with van der Waals surface area (Å²) >= 11 is 0. The normalized spacial score (nSPS) is 11.9. The molecular weight excluding hydrogens is 239 g/mol. The third-order valence-electron chi connectivity index (χ3n) is 1.90. The zero-order valence-corrected chi connectivity index (χ0v) is 9.28. The predicted molar refractivity (Wildman–Crippen MR) is 53.3 cm³/mol. The number of alkyl halides is 3. The van der Waals surface area contributed by atoms with E-state index >= 15 is 0 Å². The molecule has 0 amide bonds. The van der Waals surface area contributed by atoms with E-state index in [1.54, 1.807) is 0 Å². The molecule has 0 radical (unpaired) electrons. The van der Waals surface area contributed by atoms with Crippen LogP contribution in [0.2, 0.25) is 0 Å². The Bertz CT molecular complexity index is 356. The second-order valence-electron chi connectivity index (χ2n) is 3.05. The van der Waals surface area contributed by atoms with E-state index in [9.17, 15) is 13.2 Å². The molecule has 0 fully saturated rings. The first-order valence-corrected chi connectivity index (χ1v) is 4.67. The van der Waals surface area contributed by atoms with Crippen LogP contribution in [0.15, 0.2) is 12.3 Å². The maximum atomic E-state index is 12.3. The van der Waals surface area contributed by atoms with Crippen LogP contribution >= 0.6 is 0 Å². The van der Waals surface area contributed by atoms with E-state index in [2.05, 4.69) is 15.3 Å². The van der Waals surface area contributed by atoms with Gasteiger partial charge in [0.05, 0.1) is 6.54 Å². The topological polar surface area (TPSA) is 56.3 Å². The minimum atomic E-state index is -4.48. The van der Waals surface area contributed by atoms with Crippen LogP contribution in [0.4, 0.5) is 19.1 Å². The fourth-order valence-corrected chi connectivity index (χ4v) is 1.04. The van der Waals surface area contributed by atoms with E-state index in [-0.39, 0.29) is 12.5 Å². The lowest BCUT2D eigenvalue weighted by molar-refractivity contribution is -0.141. The first kappa shape index (κ1) is 13.7. The number of methoxy groups -OCH3 is 2. The molecule has 17 heavy (non-hydrogen) atoms.